The number of hydrogen-bond donors (Lipinski definition) is 1. The van der Waals surface area contributed by atoms with Crippen molar-refractivity contribution in [3.8, 4) is 5.75 Å². The first-order valence-electron chi connectivity index (χ1n) is 5.18. The lowest BCUT2D eigenvalue weighted by Crippen LogP contribution is -2.08. The third-order valence-electron chi connectivity index (χ3n) is 2.47. The lowest BCUT2D eigenvalue weighted by molar-refractivity contribution is 0.0685. The molecule has 2 aromatic heterocycles. The van der Waals surface area contributed by atoms with Crippen LogP contribution in [0.5, 0.6) is 5.75 Å². The molecule has 0 fully saturated rings. The maximum absolute atomic E-state index is 12.9. The van der Waals surface area contributed by atoms with E-state index in [0.29, 0.717) is 11.3 Å². The van der Waals surface area contributed by atoms with Crippen molar-refractivity contribution in [2.75, 3.05) is 7.11 Å². The van der Waals surface area contributed by atoms with Gasteiger partial charge in [-0.25, -0.2) is 9.78 Å². The number of rotatable bonds is 4. The number of hydrogen-bond acceptors (Lipinski definition) is 3. The van der Waals surface area contributed by atoms with Crippen molar-refractivity contribution >= 4 is 5.97 Å². The average Bonchev–Trinajstić information content (AvgIpc) is 2.72. The van der Waals surface area contributed by atoms with Crippen LogP contribution in [0.1, 0.15) is 16.1 Å². The van der Waals surface area contributed by atoms with Crippen LogP contribution in [-0.4, -0.2) is 27.7 Å². The van der Waals surface area contributed by atoms with Crippen molar-refractivity contribution in [3.63, 3.8) is 0 Å². The summed E-state index contributed by atoms with van der Waals surface area (Å²) >= 11 is 0. The van der Waals surface area contributed by atoms with Gasteiger partial charge < -0.3 is 14.4 Å². The lowest BCUT2D eigenvalue weighted by atomic mass is 10.2. The highest BCUT2D eigenvalue weighted by Crippen LogP contribution is 2.17. The highest BCUT2D eigenvalue weighted by atomic mass is 19.1. The Labute approximate surface area is 102 Å². The molecule has 2 heterocycles. The number of ether oxygens (including phenoxy) is 1. The molecule has 0 saturated heterocycles. The van der Waals surface area contributed by atoms with Crippen LogP contribution in [0.4, 0.5) is 4.39 Å². The summed E-state index contributed by atoms with van der Waals surface area (Å²) in [5, 5.41) is 9.04. The van der Waals surface area contributed by atoms with Gasteiger partial charge in [0, 0.05) is 25.0 Å². The van der Waals surface area contributed by atoms with Crippen LogP contribution in [0.15, 0.2) is 30.6 Å². The number of nitrogens with zero attached hydrogens (tertiary/aromatic N) is 2. The van der Waals surface area contributed by atoms with Crippen LogP contribution >= 0.6 is 0 Å². The van der Waals surface area contributed by atoms with Crippen molar-refractivity contribution < 1.29 is 19.0 Å². The molecule has 0 saturated carbocycles. The molecule has 0 unspecified atom stereocenters. The van der Waals surface area contributed by atoms with E-state index in [-0.39, 0.29) is 12.2 Å². The van der Waals surface area contributed by atoms with E-state index >= 15 is 0 Å². The molecule has 18 heavy (non-hydrogen) atoms. The second-order valence-corrected chi connectivity index (χ2v) is 3.69. The number of aromatic carboxylic acids is 1. The summed E-state index contributed by atoms with van der Waals surface area (Å²) in [5.41, 5.74) is 0.715. The van der Waals surface area contributed by atoms with Gasteiger partial charge in [-0.2, -0.15) is 4.39 Å². The molecule has 0 atom stereocenters. The number of pyridine rings is 1. The first-order chi connectivity index (χ1) is 8.60. The summed E-state index contributed by atoms with van der Waals surface area (Å²) in [6.45, 7) is 0.241. The van der Waals surface area contributed by atoms with Gasteiger partial charge in [0.05, 0.1) is 7.11 Å². The smallest absolute Gasteiger partial charge is 0.352 e. The van der Waals surface area contributed by atoms with Crippen LogP contribution < -0.4 is 4.74 Å². The molecule has 0 amide bonds. The molecule has 1 N–H and O–H groups in total. The SMILES string of the molecule is COc1cc(C(=O)O)n(Cc2ccnc(F)c2)c1. The summed E-state index contributed by atoms with van der Waals surface area (Å²) in [6, 6.07) is 4.30. The molecular weight excluding hydrogens is 239 g/mol. The molecule has 94 valence electrons. The van der Waals surface area contributed by atoms with E-state index in [0.717, 1.165) is 0 Å². The Kier molecular flexibility index (Phi) is 3.27. The number of carboxylic acids is 1. The molecule has 5 nitrogen and oxygen atoms in total. The number of methoxy groups -OCH3 is 1. The molecule has 6 heteroatoms. The summed E-state index contributed by atoms with van der Waals surface area (Å²) in [6.07, 6.45) is 2.90. The van der Waals surface area contributed by atoms with E-state index in [1.165, 1.54) is 30.0 Å². The Morgan fingerprint density at radius 2 is 2.33 bits per heavy atom. The van der Waals surface area contributed by atoms with Gasteiger partial charge in [-0.1, -0.05) is 0 Å². The fraction of sp³-hybridized carbons (Fsp3) is 0.167. The quantitative estimate of drug-likeness (QED) is 0.840. The van der Waals surface area contributed by atoms with E-state index in [9.17, 15) is 9.18 Å². The zero-order valence-electron chi connectivity index (χ0n) is 9.63. The number of carbonyl (C=O) groups is 1. The van der Waals surface area contributed by atoms with Crippen LogP contribution in [0, 0.1) is 5.95 Å². The predicted octanol–water partition coefficient (Wildman–Crippen LogP) is 1.78. The van der Waals surface area contributed by atoms with Crippen LogP contribution in [-0.2, 0) is 6.54 Å². The Balaban J connectivity index is 2.33. The Hall–Kier alpha value is -2.37. The van der Waals surface area contributed by atoms with Gasteiger partial charge >= 0.3 is 5.97 Å². The minimum absolute atomic E-state index is 0.0871. The summed E-state index contributed by atoms with van der Waals surface area (Å²) < 4.78 is 19.4. The number of aromatic nitrogens is 2. The second-order valence-electron chi connectivity index (χ2n) is 3.69. The third-order valence-corrected chi connectivity index (χ3v) is 2.47. The second kappa shape index (κ2) is 4.87. The van der Waals surface area contributed by atoms with Crippen LogP contribution in [0.25, 0.3) is 0 Å². The Morgan fingerprint density at radius 1 is 1.56 bits per heavy atom. The van der Waals surface area contributed by atoms with Gasteiger partial charge in [0.15, 0.2) is 0 Å². The van der Waals surface area contributed by atoms with Crippen molar-refractivity contribution in [2.24, 2.45) is 0 Å². The molecule has 0 aromatic carbocycles. The largest absolute Gasteiger partial charge is 0.495 e. The standard InChI is InChI=1S/C12H11FN2O3/c1-18-9-5-10(12(16)17)15(7-9)6-8-2-3-14-11(13)4-8/h2-5,7H,6H2,1H3,(H,16,17). The van der Waals surface area contributed by atoms with E-state index in [1.807, 2.05) is 0 Å². The van der Waals surface area contributed by atoms with E-state index < -0.39 is 11.9 Å². The molecule has 0 bridgehead atoms. The molecule has 0 aliphatic heterocycles. The Bertz CT molecular complexity index is 580. The van der Waals surface area contributed by atoms with Crippen molar-refractivity contribution in [1.29, 1.82) is 0 Å². The van der Waals surface area contributed by atoms with Crippen molar-refractivity contribution in [1.82, 2.24) is 9.55 Å². The first-order valence-corrected chi connectivity index (χ1v) is 5.18. The maximum atomic E-state index is 12.9. The fourth-order valence-electron chi connectivity index (χ4n) is 1.64. The van der Waals surface area contributed by atoms with E-state index in [2.05, 4.69) is 4.98 Å². The third kappa shape index (κ3) is 2.48. The van der Waals surface area contributed by atoms with Gasteiger partial charge in [0.25, 0.3) is 0 Å². The van der Waals surface area contributed by atoms with Gasteiger partial charge in [-0.05, 0) is 17.7 Å². The van der Waals surface area contributed by atoms with E-state index in [4.69, 9.17) is 9.84 Å². The Morgan fingerprint density at radius 3 is 2.94 bits per heavy atom. The molecular formula is C12H11FN2O3. The monoisotopic (exact) mass is 250 g/mol. The van der Waals surface area contributed by atoms with E-state index in [1.54, 1.807) is 12.3 Å². The number of halogens is 1. The lowest BCUT2D eigenvalue weighted by Gasteiger charge is -2.05. The summed E-state index contributed by atoms with van der Waals surface area (Å²) in [7, 11) is 1.46. The fourth-order valence-corrected chi connectivity index (χ4v) is 1.64. The molecule has 2 aromatic rings. The van der Waals surface area contributed by atoms with Crippen molar-refractivity contribution in [3.05, 3.63) is 47.8 Å². The highest BCUT2D eigenvalue weighted by molar-refractivity contribution is 5.86. The van der Waals surface area contributed by atoms with Crippen molar-refractivity contribution in [2.45, 2.75) is 6.54 Å². The molecule has 0 spiro atoms. The van der Waals surface area contributed by atoms with Crippen LogP contribution in [0.2, 0.25) is 0 Å². The minimum Gasteiger partial charge on any atom is -0.495 e. The number of carboxylic acid groups (broad SMARTS) is 1. The first kappa shape index (κ1) is 12.1. The van der Waals surface area contributed by atoms with Gasteiger partial charge in [-0.3, -0.25) is 0 Å². The molecule has 0 radical (unpaired) electrons. The molecule has 0 aliphatic carbocycles. The summed E-state index contributed by atoms with van der Waals surface area (Å²) in [4.78, 5) is 14.5. The van der Waals surface area contributed by atoms with Gasteiger partial charge in [-0.15, -0.1) is 0 Å². The molecule has 2 rings (SSSR count). The zero-order chi connectivity index (χ0) is 13.1. The predicted molar refractivity (Wildman–Crippen MR) is 61.2 cm³/mol. The average molecular weight is 250 g/mol. The van der Waals surface area contributed by atoms with Crippen LogP contribution in [0.3, 0.4) is 0 Å². The summed E-state index contributed by atoms with van der Waals surface area (Å²) in [5.74, 6) is -1.21. The van der Waals surface area contributed by atoms with Gasteiger partial charge in [0.1, 0.15) is 11.4 Å². The normalized spacial score (nSPS) is 10.3. The highest BCUT2D eigenvalue weighted by Gasteiger charge is 2.13. The minimum atomic E-state index is -1.06. The topological polar surface area (TPSA) is 64.3 Å². The zero-order valence-corrected chi connectivity index (χ0v) is 9.63. The molecule has 0 aliphatic rings. The maximum Gasteiger partial charge on any atom is 0.352 e. The van der Waals surface area contributed by atoms with Gasteiger partial charge in [0.2, 0.25) is 5.95 Å².